The molecule has 0 aromatic rings. The summed E-state index contributed by atoms with van der Waals surface area (Å²) in [5, 5.41) is 0. The Morgan fingerprint density at radius 1 is 0.812 bits per heavy atom. The molecule has 0 aromatic carbocycles. The summed E-state index contributed by atoms with van der Waals surface area (Å²) in [6.07, 6.45) is 0. The summed E-state index contributed by atoms with van der Waals surface area (Å²) in [7, 11) is -6.30. The second-order valence-corrected chi connectivity index (χ2v) is 7.92. The molecule has 0 amide bonds. The molecule has 0 bridgehead atoms. The molecular formula is C4H8KNaO6S4. The van der Waals surface area contributed by atoms with Gasteiger partial charge in [0.25, 0.3) is 0 Å². The molecule has 0 aliphatic carbocycles. The second kappa shape index (κ2) is 11.9. The SMILES string of the molecule is O=S(=O)([O-])CCSSCCS(=O)(=O)[O-].[K+].[Na+]. The van der Waals surface area contributed by atoms with Gasteiger partial charge in [0.05, 0.1) is 20.2 Å². The molecule has 0 spiro atoms. The van der Waals surface area contributed by atoms with Crippen molar-refractivity contribution in [3.05, 3.63) is 0 Å². The zero-order valence-electron chi connectivity index (χ0n) is 8.91. The summed E-state index contributed by atoms with van der Waals surface area (Å²) in [4.78, 5) is 0. The fraction of sp³-hybridized carbons (Fsp3) is 1.00. The molecule has 0 aliphatic heterocycles. The van der Waals surface area contributed by atoms with Gasteiger partial charge in [0, 0.05) is 23.0 Å². The fourth-order valence-electron chi connectivity index (χ4n) is 0.390. The van der Waals surface area contributed by atoms with Gasteiger partial charge in [-0.15, -0.1) is 0 Å². The Bertz CT molecular complexity index is 317. The van der Waals surface area contributed by atoms with Crippen LogP contribution in [-0.2, 0) is 20.2 Å². The average Bonchev–Trinajstić information content (AvgIpc) is 1.92. The molecular weight excluding hydrogens is 334 g/mol. The van der Waals surface area contributed by atoms with E-state index in [9.17, 15) is 25.9 Å². The molecule has 0 aromatic heterocycles. The Hall–Kier alpha value is 3.16. The minimum atomic E-state index is -4.20. The first kappa shape index (κ1) is 24.2. The molecule has 16 heavy (non-hydrogen) atoms. The minimum Gasteiger partial charge on any atom is -0.748 e. The van der Waals surface area contributed by atoms with E-state index in [0.29, 0.717) is 0 Å². The van der Waals surface area contributed by atoms with Gasteiger partial charge in [0.1, 0.15) is 0 Å². The van der Waals surface area contributed by atoms with Gasteiger partial charge in [0.15, 0.2) is 0 Å². The Morgan fingerprint density at radius 3 is 1.25 bits per heavy atom. The maximum absolute atomic E-state index is 10.1. The van der Waals surface area contributed by atoms with Gasteiger partial charge >= 0.3 is 80.9 Å². The number of hydrogen-bond acceptors (Lipinski definition) is 8. The largest absolute Gasteiger partial charge is 1.00 e. The molecule has 0 saturated heterocycles. The smallest absolute Gasteiger partial charge is 0.748 e. The summed E-state index contributed by atoms with van der Waals surface area (Å²) >= 11 is 0. The summed E-state index contributed by atoms with van der Waals surface area (Å²) in [5.74, 6) is -0.797. The van der Waals surface area contributed by atoms with Gasteiger partial charge in [-0.1, -0.05) is 21.6 Å². The van der Waals surface area contributed by atoms with Crippen molar-refractivity contribution in [3.63, 3.8) is 0 Å². The van der Waals surface area contributed by atoms with Crippen LogP contribution < -0.4 is 80.9 Å². The number of hydrogen-bond donors (Lipinski definition) is 0. The van der Waals surface area contributed by atoms with Crippen molar-refractivity contribution in [2.75, 3.05) is 23.0 Å². The third-order valence-corrected chi connectivity index (χ3v) is 5.25. The van der Waals surface area contributed by atoms with Crippen LogP contribution in [0, 0.1) is 0 Å². The number of rotatable bonds is 7. The molecule has 0 aliphatic rings. The minimum absolute atomic E-state index is 0. The van der Waals surface area contributed by atoms with E-state index in [2.05, 4.69) is 0 Å². The van der Waals surface area contributed by atoms with Crippen molar-refractivity contribution in [1.29, 1.82) is 0 Å². The summed E-state index contributed by atoms with van der Waals surface area (Å²) in [5.41, 5.74) is 0. The molecule has 6 nitrogen and oxygen atoms in total. The maximum Gasteiger partial charge on any atom is 1.00 e. The van der Waals surface area contributed by atoms with Crippen LogP contribution in [-0.4, -0.2) is 49.0 Å². The van der Waals surface area contributed by atoms with E-state index in [-0.39, 0.29) is 92.4 Å². The van der Waals surface area contributed by atoms with E-state index in [1.54, 1.807) is 0 Å². The van der Waals surface area contributed by atoms with Gasteiger partial charge < -0.3 is 9.11 Å². The van der Waals surface area contributed by atoms with E-state index >= 15 is 0 Å². The molecule has 0 unspecified atom stereocenters. The first-order valence-corrected chi connectivity index (χ1v) is 8.96. The van der Waals surface area contributed by atoms with E-state index in [0.717, 1.165) is 21.6 Å². The quantitative estimate of drug-likeness (QED) is 0.194. The summed E-state index contributed by atoms with van der Waals surface area (Å²) in [6, 6.07) is 0. The molecule has 12 heteroatoms. The standard InChI is InChI=1S/C4H10O6S4.K.Na/c5-13(6,7)3-1-11-12-2-4-14(8,9)10;;/h1-4H2,(H,5,6,7)(H,8,9,10);;/q;2*+1/p-2. The maximum atomic E-state index is 10.1. The van der Waals surface area contributed by atoms with Crippen LogP contribution in [0.15, 0.2) is 0 Å². The van der Waals surface area contributed by atoms with Gasteiger partial charge in [-0.25, -0.2) is 16.8 Å². The van der Waals surface area contributed by atoms with E-state index < -0.39 is 31.7 Å². The van der Waals surface area contributed by atoms with Crippen molar-refractivity contribution in [3.8, 4) is 0 Å². The van der Waals surface area contributed by atoms with Crippen molar-refractivity contribution >= 4 is 41.8 Å². The van der Waals surface area contributed by atoms with Crippen molar-refractivity contribution < 1.29 is 107 Å². The molecule has 0 saturated carbocycles. The molecule has 86 valence electrons. The zero-order valence-corrected chi connectivity index (χ0v) is 17.3. The topological polar surface area (TPSA) is 114 Å². The zero-order chi connectivity index (χ0) is 11.2. The van der Waals surface area contributed by atoms with Gasteiger partial charge in [-0.3, -0.25) is 0 Å². The van der Waals surface area contributed by atoms with Crippen LogP contribution in [0.4, 0.5) is 0 Å². The molecule has 0 rings (SSSR count). The third-order valence-electron chi connectivity index (χ3n) is 0.917. The molecule has 0 atom stereocenters. The first-order valence-electron chi connectivity index (χ1n) is 3.32. The molecule has 0 heterocycles. The van der Waals surface area contributed by atoms with Crippen LogP contribution >= 0.6 is 21.6 Å². The van der Waals surface area contributed by atoms with Crippen LogP contribution in [0.3, 0.4) is 0 Å². The summed E-state index contributed by atoms with van der Waals surface area (Å²) in [6.45, 7) is 0. The predicted molar refractivity (Wildman–Crippen MR) is 54.0 cm³/mol. The average molecular weight is 342 g/mol. The predicted octanol–water partition coefficient (Wildman–Crippen LogP) is -6.53. The van der Waals surface area contributed by atoms with Crippen LogP contribution in [0.25, 0.3) is 0 Å². The van der Waals surface area contributed by atoms with Gasteiger partial charge in [-0.05, 0) is 0 Å². The van der Waals surface area contributed by atoms with E-state index in [4.69, 9.17) is 0 Å². The monoisotopic (exact) mass is 342 g/mol. The van der Waals surface area contributed by atoms with Crippen molar-refractivity contribution in [2.24, 2.45) is 0 Å². The third kappa shape index (κ3) is 22.3. The summed E-state index contributed by atoms with van der Waals surface area (Å²) < 4.78 is 60.6. The fourth-order valence-corrected chi connectivity index (χ4v) is 4.73. The van der Waals surface area contributed by atoms with E-state index in [1.807, 2.05) is 0 Å². The van der Waals surface area contributed by atoms with E-state index in [1.165, 1.54) is 0 Å². The second-order valence-electron chi connectivity index (χ2n) is 2.17. The van der Waals surface area contributed by atoms with Crippen LogP contribution in [0.2, 0.25) is 0 Å². The normalized spacial score (nSPS) is 11.4. The molecule has 0 radical (unpaired) electrons. The van der Waals surface area contributed by atoms with Crippen molar-refractivity contribution in [1.82, 2.24) is 0 Å². The Kier molecular flexibility index (Phi) is 18.1. The Balaban J connectivity index is -0.000000845. The Morgan fingerprint density at radius 2 is 1.06 bits per heavy atom. The van der Waals surface area contributed by atoms with Gasteiger partial charge in [-0.2, -0.15) is 0 Å². The first-order chi connectivity index (χ1) is 6.21. The molecule has 0 N–H and O–H groups in total. The van der Waals surface area contributed by atoms with Crippen molar-refractivity contribution in [2.45, 2.75) is 0 Å². The van der Waals surface area contributed by atoms with Gasteiger partial charge in [0.2, 0.25) is 0 Å². The van der Waals surface area contributed by atoms with Crippen LogP contribution in [0.1, 0.15) is 0 Å². The molecule has 0 fully saturated rings. The Labute approximate surface area is 168 Å². The van der Waals surface area contributed by atoms with Crippen LogP contribution in [0.5, 0.6) is 0 Å².